The van der Waals surface area contributed by atoms with E-state index in [2.05, 4.69) is 50.8 Å². The summed E-state index contributed by atoms with van der Waals surface area (Å²) in [4.78, 5) is 0. The van der Waals surface area contributed by atoms with Crippen LogP contribution in [0.4, 0.5) is 0 Å². The lowest BCUT2D eigenvalue weighted by Crippen LogP contribution is -2.28. The smallest absolute Gasteiger partial charge is 0.231 e. The quantitative estimate of drug-likeness (QED) is 0.889. The average Bonchev–Trinajstić information content (AvgIpc) is 2.87. The van der Waals surface area contributed by atoms with Crippen LogP contribution in [0.15, 0.2) is 16.6 Å². The minimum Gasteiger partial charge on any atom is -0.454 e. The van der Waals surface area contributed by atoms with Gasteiger partial charge in [-0.2, -0.15) is 23.5 Å². The Morgan fingerprint density at radius 3 is 2.89 bits per heavy atom. The van der Waals surface area contributed by atoms with E-state index in [4.69, 9.17) is 9.47 Å². The van der Waals surface area contributed by atoms with E-state index in [1.807, 2.05) is 6.07 Å². The first-order chi connectivity index (χ1) is 9.33. The number of thioether (sulfide) groups is 2. The summed E-state index contributed by atoms with van der Waals surface area (Å²) in [5, 5.41) is 4.29. The Morgan fingerprint density at radius 2 is 2.11 bits per heavy atom. The van der Waals surface area contributed by atoms with E-state index in [0.29, 0.717) is 6.79 Å². The molecule has 0 spiro atoms. The highest BCUT2D eigenvalue weighted by Gasteiger charge is 2.17. The van der Waals surface area contributed by atoms with Crippen LogP contribution in [0, 0.1) is 0 Å². The van der Waals surface area contributed by atoms with Crippen LogP contribution >= 0.6 is 39.5 Å². The highest BCUT2D eigenvalue weighted by molar-refractivity contribution is 9.10. The van der Waals surface area contributed by atoms with Crippen LogP contribution in [0.5, 0.6) is 11.5 Å². The molecule has 3 nitrogen and oxygen atoms in total. The molecule has 3 rings (SSSR count). The molecule has 19 heavy (non-hydrogen) atoms. The first-order valence-corrected chi connectivity index (χ1v) is 9.30. The van der Waals surface area contributed by atoms with Gasteiger partial charge in [0, 0.05) is 40.1 Å². The molecule has 1 fully saturated rings. The van der Waals surface area contributed by atoms with Gasteiger partial charge in [0.1, 0.15) is 0 Å². The van der Waals surface area contributed by atoms with E-state index < -0.39 is 0 Å². The number of benzene rings is 1. The van der Waals surface area contributed by atoms with Crippen molar-refractivity contribution < 1.29 is 9.47 Å². The van der Waals surface area contributed by atoms with Gasteiger partial charge in [-0.15, -0.1) is 0 Å². The van der Waals surface area contributed by atoms with Gasteiger partial charge in [0.2, 0.25) is 6.79 Å². The molecule has 0 amide bonds. The molecule has 2 aliphatic rings. The molecular weight excluding hydrogens is 346 g/mol. The maximum absolute atomic E-state index is 5.41. The van der Waals surface area contributed by atoms with Crippen molar-refractivity contribution >= 4 is 39.5 Å². The van der Waals surface area contributed by atoms with Gasteiger partial charge in [-0.25, -0.2) is 0 Å². The molecule has 104 valence electrons. The zero-order valence-electron chi connectivity index (χ0n) is 10.5. The van der Waals surface area contributed by atoms with Crippen molar-refractivity contribution in [2.75, 3.05) is 30.6 Å². The number of ether oxygens (including phenoxy) is 2. The normalized spacial score (nSPS) is 21.6. The van der Waals surface area contributed by atoms with Crippen LogP contribution in [0.2, 0.25) is 0 Å². The van der Waals surface area contributed by atoms with Crippen molar-refractivity contribution in [1.29, 1.82) is 0 Å². The zero-order chi connectivity index (χ0) is 13.1. The van der Waals surface area contributed by atoms with Gasteiger partial charge in [0.15, 0.2) is 11.5 Å². The van der Waals surface area contributed by atoms with E-state index >= 15 is 0 Å². The van der Waals surface area contributed by atoms with Gasteiger partial charge >= 0.3 is 0 Å². The van der Waals surface area contributed by atoms with Crippen molar-refractivity contribution in [2.24, 2.45) is 0 Å². The van der Waals surface area contributed by atoms with Gasteiger partial charge in [-0.1, -0.05) is 15.9 Å². The van der Waals surface area contributed by atoms with Gasteiger partial charge in [0.25, 0.3) is 0 Å². The molecule has 0 aliphatic carbocycles. The van der Waals surface area contributed by atoms with Crippen LogP contribution < -0.4 is 14.8 Å². The van der Waals surface area contributed by atoms with Crippen LogP contribution in [-0.4, -0.2) is 35.8 Å². The van der Waals surface area contributed by atoms with Crippen LogP contribution in [0.1, 0.15) is 5.56 Å². The van der Waals surface area contributed by atoms with Crippen LogP contribution in [0.3, 0.4) is 0 Å². The van der Waals surface area contributed by atoms with Crippen molar-refractivity contribution in [2.45, 2.75) is 11.8 Å². The summed E-state index contributed by atoms with van der Waals surface area (Å²) >= 11 is 7.74. The Hall–Kier alpha value is -0.0400. The van der Waals surface area contributed by atoms with E-state index in [1.165, 1.54) is 22.8 Å². The Bertz CT molecular complexity index is 453. The molecular formula is C13H16BrNO2S2. The Labute approximate surface area is 130 Å². The Balaban J connectivity index is 1.54. The first kappa shape index (κ1) is 13.9. The third kappa shape index (κ3) is 3.54. The lowest BCUT2D eigenvalue weighted by atomic mass is 10.2. The first-order valence-electron chi connectivity index (χ1n) is 6.31. The molecule has 0 saturated carbocycles. The van der Waals surface area contributed by atoms with E-state index in [-0.39, 0.29) is 0 Å². The molecule has 0 radical (unpaired) electrons. The molecule has 1 saturated heterocycles. The molecule has 6 heteroatoms. The number of fused-ring (bicyclic) bond motifs is 1. The topological polar surface area (TPSA) is 30.5 Å². The standard InChI is InChI=1S/C13H16BrNO2S2/c14-11-4-13-12(16-8-17-13)3-9(11)5-15-6-10-7-18-1-2-19-10/h3-4,10,15H,1-2,5-8H2. The molecule has 2 heterocycles. The number of rotatable bonds is 4. The van der Waals surface area contributed by atoms with Gasteiger partial charge in [-0.3, -0.25) is 0 Å². The predicted octanol–water partition coefficient (Wildman–Crippen LogP) is 3.12. The summed E-state index contributed by atoms with van der Waals surface area (Å²) in [6.07, 6.45) is 0. The van der Waals surface area contributed by atoms with E-state index in [1.54, 1.807) is 0 Å². The molecule has 2 aliphatic heterocycles. The van der Waals surface area contributed by atoms with Gasteiger partial charge in [0.05, 0.1) is 0 Å². The lowest BCUT2D eigenvalue weighted by molar-refractivity contribution is 0.174. The molecule has 1 aromatic rings. The number of hydrogen-bond donors (Lipinski definition) is 1. The third-order valence-corrected chi connectivity index (χ3v) is 6.70. The summed E-state index contributed by atoms with van der Waals surface area (Å²) in [5.41, 5.74) is 1.22. The summed E-state index contributed by atoms with van der Waals surface area (Å²) in [6, 6.07) is 4.05. The summed E-state index contributed by atoms with van der Waals surface area (Å²) < 4.78 is 11.8. The average molecular weight is 362 g/mol. The fraction of sp³-hybridized carbons (Fsp3) is 0.538. The zero-order valence-corrected chi connectivity index (χ0v) is 13.7. The third-order valence-electron chi connectivity index (χ3n) is 3.11. The van der Waals surface area contributed by atoms with E-state index in [9.17, 15) is 0 Å². The summed E-state index contributed by atoms with van der Waals surface area (Å²) in [5.74, 6) is 5.53. The monoisotopic (exact) mass is 361 g/mol. The van der Waals surface area contributed by atoms with Crippen molar-refractivity contribution in [1.82, 2.24) is 5.32 Å². The maximum Gasteiger partial charge on any atom is 0.231 e. The summed E-state index contributed by atoms with van der Waals surface area (Å²) in [7, 11) is 0. The summed E-state index contributed by atoms with van der Waals surface area (Å²) in [6.45, 7) is 2.26. The van der Waals surface area contributed by atoms with Crippen molar-refractivity contribution in [3.63, 3.8) is 0 Å². The predicted molar refractivity (Wildman–Crippen MR) is 85.5 cm³/mol. The number of halogens is 1. The minimum atomic E-state index is 0.328. The Morgan fingerprint density at radius 1 is 1.26 bits per heavy atom. The highest BCUT2D eigenvalue weighted by Crippen LogP contribution is 2.36. The number of nitrogens with one attached hydrogen (secondary N) is 1. The molecule has 0 aromatic heterocycles. The van der Waals surface area contributed by atoms with Gasteiger partial charge < -0.3 is 14.8 Å². The Kier molecular flexibility index (Phi) is 4.84. The largest absolute Gasteiger partial charge is 0.454 e. The fourth-order valence-electron chi connectivity index (χ4n) is 2.12. The SMILES string of the molecule is Brc1cc2c(cc1CNCC1CSCCS1)OCO2. The van der Waals surface area contributed by atoms with Crippen LogP contribution in [0.25, 0.3) is 0 Å². The number of hydrogen-bond acceptors (Lipinski definition) is 5. The van der Waals surface area contributed by atoms with Crippen LogP contribution in [-0.2, 0) is 6.54 Å². The van der Waals surface area contributed by atoms with Crippen molar-refractivity contribution in [3.05, 3.63) is 22.2 Å². The maximum atomic E-state index is 5.41. The fourth-order valence-corrected chi connectivity index (χ4v) is 5.23. The van der Waals surface area contributed by atoms with E-state index in [0.717, 1.165) is 34.3 Å². The lowest BCUT2D eigenvalue weighted by Gasteiger charge is -2.21. The molecule has 0 bridgehead atoms. The second-order valence-electron chi connectivity index (χ2n) is 4.50. The second kappa shape index (κ2) is 6.61. The molecule has 1 N–H and O–H groups in total. The molecule has 1 unspecified atom stereocenters. The highest BCUT2D eigenvalue weighted by atomic mass is 79.9. The molecule has 1 aromatic carbocycles. The minimum absolute atomic E-state index is 0.328. The van der Waals surface area contributed by atoms with Gasteiger partial charge in [-0.05, 0) is 17.7 Å². The second-order valence-corrected chi connectivity index (χ2v) is 7.91. The molecule has 1 atom stereocenters. The van der Waals surface area contributed by atoms with Crippen molar-refractivity contribution in [3.8, 4) is 11.5 Å².